The standard InChI is InChI=1S/C26H36N4O2.HI/c1-27-26(30-14-12-23(18-30)20-32-19-21-7-4-3-5-8-21)28-16-22-11-13-29(17-22)24-9-6-10-25(15-24)31-2;/h3-10,15,22-23H,11-14,16-20H2,1-2H3,(H,27,28);1H. The number of hydrogen-bond donors (Lipinski definition) is 1. The molecule has 33 heavy (non-hydrogen) atoms. The quantitative estimate of drug-likeness (QED) is 0.295. The molecule has 4 rings (SSSR count). The molecule has 2 aromatic rings. The number of benzene rings is 2. The molecule has 2 fully saturated rings. The van der Waals surface area contributed by atoms with Crippen LogP contribution in [0, 0.1) is 11.8 Å². The average molecular weight is 565 g/mol. The minimum absolute atomic E-state index is 0. The molecule has 2 aromatic carbocycles. The maximum atomic E-state index is 5.98. The number of methoxy groups -OCH3 is 1. The minimum atomic E-state index is 0. The van der Waals surface area contributed by atoms with Gasteiger partial charge in [0.05, 0.1) is 20.3 Å². The normalized spacial score (nSPS) is 20.6. The van der Waals surface area contributed by atoms with E-state index in [-0.39, 0.29) is 24.0 Å². The molecule has 2 unspecified atom stereocenters. The van der Waals surface area contributed by atoms with E-state index in [0.29, 0.717) is 18.4 Å². The van der Waals surface area contributed by atoms with Crippen LogP contribution in [0.2, 0.25) is 0 Å². The molecule has 0 spiro atoms. The molecule has 0 bridgehead atoms. The number of aliphatic imine (C=N–C) groups is 1. The number of nitrogens with one attached hydrogen (secondary N) is 1. The van der Waals surface area contributed by atoms with Gasteiger partial charge < -0.3 is 24.6 Å². The van der Waals surface area contributed by atoms with E-state index in [0.717, 1.165) is 57.5 Å². The largest absolute Gasteiger partial charge is 0.497 e. The van der Waals surface area contributed by atoms with Gasteiger partial charge in [-0.2, -0.15) is 0 Å². The van der Waals surface area contributed by atoms with Crippen LogP contribution >= 0.6 is 24.0 Å². The molecular weight excluding hydrogens is 527 g/mol. The van der Waals surface area contributed by atoms with Crippen molar-refractivity contribution in [2.24, 2.45) is 16.8 Å². The van der Waals surface area contributed by atoms with E-state index in [9.17, 15) is 0 Å². The molecular formula is C26H37IN4O2. The summed E-state index contributed by atoms with van der Waals surface area (Å²) in [6, 6.07) is 18.8. The van der Waals surface area contributed by atoms with Gasteiger partial charge in [-0.25, -0.2) is 0 Å². The van der Waals surface area contributed by atoms with Crippen molar-refractivity contribution >= 4 is 35.6 Å². The van der Waals surface area contributed by atoms with Crippen molar-refractivity contribution in [3.05, 3.63) is 60.2 Å². The monoisotopic (exact) mass is 564 g/mol. The van der Waals surface area contributed by atoms with Crippen LogP contribution in [-0.4, -0.2) is 64.3 Å². The van der Waals surface area contributed by atoms with Crippen molar-refractivity contribution in [3.8, 4) is 5.75 Å². The van der Waals surface area contributed by atoms with Crippen molar-refractivity contribution in [1.82, 2.24) is 10.2 Å². The van der Waals surface area contributed by atoms with E-state index in [4.69, 9.17) is 9.47 Å². The lowest BCUT2D eigenvalue weighted by molar-refractivity contribution is 0.0906. The van der Waals surface area contributed by atoms with Gasteiger partial charge in [-0.1, -0.05) is 36.4 Å². The van der Waals surface area contributed by atoms with Crippen molar-refractivity contribution in [2.45, 2.75) is 19.4 Å². The first-order chi connectivity index (χ1) is 15.7. The Balaban J connectivity index is 0.00000306. The van der Waals surface area contributed by atoms with Crippen molar-refractivity contribution < 1.29 is 9.47 Å². The van der Waals surface area contributed by atoms with Gasteiger partial charge in [0.1, 0.15) is 5.75 Å². The Labute approximate surface area is 215 Å². The Morgan fingerprint density at radius 1 is 1.03 bits per heavy atom. The topological polar surface area (TPSA) is 49.3 Å². The van der Waals surface area contributed by atoms with Crippen LogP contribution in [0.3, 0.4) is 0 Å². The van der Waals surface area contributed by atoms with Gasteiger partial charge in [-0.3, -0.25) is 4.99 Å². The Morgan fingerprint density at radius 3 is 2.64 bits per heavy atom. The number of anilines is 1. The lowest BCUT2D eigenvalue weighted by Crippen LogP contribution is -2.42. The third-order valence-electron chi connectivity index (χ3n) is 6.52. The summed E-state index contributed by atoms with van der Waals surface area (Å²) in [5, 5.41) is 3.63. The number of nitrogens with zero attached hydrogens (tertiary/aromatic N) is 3. The maximum absolute atomic E-state index is 5.98. The van der Waals surface area contributed by atoms with Crippen LogP contribution in [0.1, 0.15) is 18.4 Å². The molecule has 0 aliphatic carbocycles. The van der Waals surface area contributed by atoms with Crippen molar-refractivity contribution in [3.63, 3.8) is 0 Å². The lowest BCUT2D eigenvalue weighted by atomic mass is 10.1. The molecule has 7 heteroatoms. The van der Waals surface area contributed by atoms with Gasteiger partial charge in [0.15, 0.2) is 5.96 Å². The molecule has 0 aromatic heterocycles. The summed E-state index contributed by atoms with van der Waals surface area (Å²) >= 11 is 0. The molecule has 0 saturated carbocycles. The first kappa shape index (κ1) is 25.6. The number of rotatable bonds is 8. The van der Waals surface area contributed by atoms with Crippen LogP contribution in [0.15, 0.2) is 59.6 Å². The summed E-state index contributed by atoms with van der Waals surface area (Å²) < 4.78 is 11.4. The molecule has 2 aliphatic heterocycles. The van der Waals surface area contributed by atoms with Gasteiger partial charge in [0.25, 0.3) is 0 Å². The lowest BCUT2D eigenvalue weighted by Gasteiger charge is -2.24. The Morgan fingerprint density at radius 2 is 1.85 bits per heavy atom. The van der Waals surface area contributed by atoms with Gasteiger partial charge in [-0.15, -0.1) is 24.0 Å². The van der Waals surface area contributed by atoms with Crippen LogP contribution in [0.25, 0.3) is 0 Å². The van der Waals surface area contributed by atoms with Crippen LogP contribution < -0.4 is 15.0 Å². The molecule has 2 heterocycles. The second-order valence-electron chi connectivity index (χ2n) is 8.83. The average Bonchev–Trinajstić information content (AvgIpc) is 3.51. The summed E-state index contributed by atoms with van der Waals surface area (Å²) in [7, 11) is 3.61. The van der Waals surface area contributed by atoms with E-state index in [2.05, 4.69) is 62.6 Å². The second kappa shape index (κ2) is 13.0. The van der Waals surface area contributed by atoms with E-state index in [1.165, 1.54) is 17.7 Å². The first-order valence-electron chi connectivity index (χ1n) is 11.7. The number of halogens is 1. The second-order valence-corrected chi connectivity index (χ2v) is 8.83. The number of ether oxygens (including phenoxy) is 2. The van der Waals surface area contributed by atoms with Gasteiger partial charge in [0, 0.05) is 57.4 Å². The van der Waals surface area contributed by atoms with Crippen molar-refractivity contribution in [2.75, 3.05) is 58.4 Å². The fourth-order valence-electron chi connectivity index (χ4n) is 4.69. The van der Waals surface area contributed by atoms with Crippen LogP contribution in [0.4, 0.5) is 5.69 Å². The summed E-state index contributed by atoms with van der Waals surface area (Å²) in [5.74, 6) is 3.12. The van der Waals surface area contributed by atoms with Gasteiger partial charge in [-0.05, 0) is 36.5 Å². The van der Waals surface area contributed by atoms with Crippen LogP contribution in [-0.2, 0) is 11.3 Å². The predicted octanol–water partition coefficient (Wildman–Crippen LogP) is 4.25. The van der Waals surface area contributed by atoms with E-state index < -0.39 is 0 Å². The van der Waals surface area contributed by atoms with E-state index in [1.807, 2.05) is 19.2 Å². The highest BCUT2D eigenvalue weighted by molar-refractivity contribution is 14.0. The molecule has 2 aliphatic rings. The zero-order chi connectivity index (χ0) is 22.2. The summed E-state index contributed by atoms with van der Waals surface area (Å²) in [4.78, 5) is 9.39. The fraction of sp³-hybridized carbons (Fsp3) is 0.500. The zero-order valence-corrected chi connectivity index (χ0v) is 22.1. The Hall–Kier alpha value is -2.00. The molecule has 6 nitrogen and oxygen atoms in total. The van der Waals surface area contributed by atoms with Crippen LogP contribution in [0.5, 0.6) is 5.75 Å². The highest BCUT2D eigenvalue weighted by Crippen LogP contribution is 2.26. The SMILES string of the molecule is CN=C(NCC1CCN(c2cccc(OC)c2)C1)N1CCC(COCc2ccccc2)C1.I. The van der Waals surface area contributed by atoms with Gasteiger partial charge >= 0.3 is 0 Å². The number of guanidine groups is 1. The van der Waals surface area contributed by atoms with Crippen molar-refractivity contribution in [1.29, 1.82) is 0 Å². The molecule has 0 radical (unpaired) electrons. The molecule has 1 N–H and O–H groups in total. The third-order valence-corrected chi connectivity index (χ3v) is 6.52. The highest BCUT2D eigenvalue weighted by Gasteiger charge is 2.27. The molecule has 0 amide bonds. The number of likely N-dealkylation sites (tertiary alicyclic amines) is 1. The molecule has 2 saturated heterocycles. The summed E-state index contributed by atoms with van der Waals surface area (Å²) in [6.45, 7) is 6.65. The third kappa shape index (κ3) is 7.24. The fourth-order valence-corrected chi connectivity index (χ4v) is 4.69. The number of hydrogen-bond acceptors (Lipinski definition) is 4. The molecule has 2 atom stereocenters. The predicted molar refractivity (Wildman–Crippen MR) is 146 cm³/mol. The Bertz CT molecular complexity index is 880. The van der Waals surface area contributed by atoms with Gasteiger partial charge in [0.2, 0.25) is 0 Å². The summed E-state index contributed by atoms with van der Waals surface area (Å²) in [6.07, 6.45) is 2.35. The zero-order valence-electron chi connectivity index (χ0n) is 19.8. The van der Waals surface area contributed by atoms with E-state index >= 15 is 0 Å². The highest BCUT2D eigenvalue weighted by atomic mass is 127. The molecule has 180 valence electrons. The first-order valence-corrected chi connectivity index (χ1v) is 11.7. The minimum Gasteiger partial charge on any atom is -0.497 e. The maximum Gasteiger partial charge on any atom is 0.193 e. The van der Waals surface area contributed by atoms with E-state index in [1.54, 1.807) is 7.11 Å². The summed E-state index contributed by atoms with van der Waals surface area (Å²) in [5.41, 5.74) is 2.48. The smallest absolute Gasteiger partial charge is 0.193 e. The Kier molecular flexibility index (Phi) is 10.1.